The van der Waals surface area contributed by atoms with Crippen LogP contribution in [0, 0.1) is 0 Å². The molecule has 2 rings (SSSR count). The predicted octanol–water partition coefficient (Wildman–Crippen LogP) is 4.04. The van der Waals surface area contributed by atoms with Crippen molar-refractivity contribution in [3.63, 3.8) is 0 Å². The Morgan fingerprint density at radius 2 is 1.95 bits per heavy atom. The van der Waals surface area contributed by atoms with Crippen molar-refractivity contribution < 1.29 is 9.53 Å². The molecule has 0 N–H and O–H groups in total. The highest BCUT2D eigenvalue weighted by Crippen LogP contribution is 2.49. The minimum absolute atomic E-state index is 0.124. The molecule has 0 aliphatic heterocycles. The molecule has 1 aromatic rings. The molecule has 0 saturated heterocycles. The lowest BCUT2D eigenvalue weighted by atomic mass is 9.93. The highest BCUT2D eigenvalue weighted by Gasteiger charge is 2.52. The van der Waals surface area contributed by atoms with Gasteiger partial charge in [-0.3, -0.25) is 4.79 Å². The number of hydrogen-bond acceptors (Lipinski definition) is 2. The average Bonchev–Trinajstić information content (AvgIpc) is 3.28. The summed E-state index contributed by atoms with van der Waals surface area (Å²) in [5, 5.41) is 0. The molecule has 1 aliphatic carbocycles. The van der Waals surface area contributed by atoms with E-state index >= 15 is 0 Å². The number of esters is 1. The van der Waals surface area contributed by atoms with Crippen LogP contribution in [-0.4, -0.2) is 13.1 Å². The van der Waals surface area contributed by atoms with Crippen LogP contribution in [0.25, 0.3) is 5.57 Å². The van der Waals surface area contributed by atoms with Gasteiger partial charge in [-0.2, -0.15) is 0 Å². The van der Waals surface area contributed by atoms with Gasteiger partial charge < -0.3 is 4.74 Å². The van der Waals surface area contributed by atoms with Gasteiger partial charge in [-0.25, -0.2) is 0 Å². The smallest absolute Gasteiger partial charge is 0.316 e. The van der Waals surface area contributed by atoms with Gasteiger partial charge in [0.1, 0.15) is 0 Å². The summed E-state index contributed by atoms with van der Waals surface area (Å²) in [4.78, 5) is 11.9. The molecule has 20 heavy (non-hydrogen) atoms. The molecule has 0 amide bonds. The van der Waals surface area contributed by atoms with Crippen molar-refractivity contribution in [2.45, 2.75) is 25.2 Å². The third-order valence-electron chi connectivity index (χ3n) is 3.74. The molecule has 0 bridgehead atoms. The van der Waals surface area contributed by atoms with Gasteiger partial charge >= 0.3 is 5.97 Å². The maximum atomic E-state index is 11.9. The number of ether oxygens (including phenoxy) is 1. The maximum absolute atomic E-state index is 11.9. The Balaban J connectivity index is 2.29. The molecule has 0 unspecified atom stereocenters. The Morgan fingerprint density at radius 1 is 1.30 bits per heavy atom. The van der Waals surface area contributed by atoms with Crippen molar-refractivity contribution in [1.29, 1.82) is 0 Å². The van der Waals surface area contributed by atoms with E-state index in [1.54, 1.807) is 6.08 Å². The number of carbonyl (C=O) groups is 1. The standard InChI is InChI=1S/C18H20O2/c1-4-6-14(7-5-2)15-8-10-16(11-9-15)18(12-13-18)17(19)20-3/h4-11H,1,12-13H2,2-3H3. The Morgan fingerprint density at radius 3 is 2.40 bits per heavy atom. The highest BCUT2D eigenvalue weighted by molar-refractivity contribution is 5.87. The summed E-state index contributed by atoms with van der Waals surface area (Å²) in [5.41, 5.74) is 2.88. The molecule has 1 aromatic carbocycles. The monoisotopic (exact) mass is 268 g/mol. The lowest BCUT2D eigenvalue weighted by Crippen LogP contribution is -2.21. The molecule has 0 aromatic heterocycles. The zero-order valence-electron chi connectivity index (χ0n) is 12.1. The van der Waals surface area contributed by atoms with Gasteiger partial charge in [-0.15, -0.1) is 0 Å². The lowest BCUT2D eigenvalue weighted by Gasteiger charge is -2.13. The van der Waals surface area contributed by atoms with Crippen LogP contribution in [0.2, 0.25) is 0 Å². The van der Waals surface area contributed by atoms with E-state index in [0.29, 0.717) is 0 Å². The van der Waals surface area contributed by atoms with E-state index < -0.39 is 5.41 Å². The van der Waals surface area contributed by atoms with Gasteiger partial charge in [0.2, 0.25) is 0 Å². The van der Waals surface area contributed by atoms with Gasteiger partial charge in [0.15, 0.2) is 0 Å². The maximum Gasteiger partial charge on any atom is 0.316 e. The van der Waals surface area contributed by atoms with E-state index in [9.17, 15) is 4.79 Å². The Bertz CT molecular complexity index is 558. The number of benzene rings is 1. The van der Waals surface area contributed by atoms with E-state index in [1.165, 1.54) is 7.11 Å². The lowest BCUT2D eigenvalue weighted by molar-refractivity contribution is -0.143. The fraction of sp³-hybridized carbons (Fsp3) is 0.278. The van der Waals surface area contributed by atoms with Crippen molar-refractivity contribution >= 4 is 11.5 Å². The van der Waals surface area contributed by atoms with Crippen molar-refractivity contribution in [1.82, 2.24) is 0 Å². The summed E-state index contributed by atoms with van der Waals surface area (Å²) in [7, 11) is 1.45. The van der Waals surface area contributed by atoms with Crippen LogP contribution in [-0.2, 0) is 14.9 Å². The normalized spacial score (nSPS) is 17.0. The summed E-state index contributed by atoms with van der Waals surface area (Å²) >= 11 is 0. The molecule has 0 spiro atoms. The Hall–Kier alpha value is -2.09. The van der Waals surface area contributed by atoms with Gasteiger partial charge in [0.25, 0.3) is 0 Å². The first-order valence-electron chi connectivity index (χ1n) is 6.82. The summed E-state index contributed by atoms with van der Waals surface area (Å²) in [6, 6.07) is 8.15. The van der Waals surface area contributed by atoms with Gasteiger partial charge in [-0.1, -0.05) is 55.1 Å². The molecule has 1 fully saturated rings. The molecule has 0 heterocycles. The average molecular weight is 268 g/mol. The second-order valence-electron chi connectivity index (χ2n) is 5.01. The largest absolute Gasteiger partial charge is 0.468 e. The van der Waals surface area contributed by atoms with E-state index in [1.807, 2.05) is 49.4 Å². The minimum atomic E-state index is -0.393. The molecule has 104 valence electrons. The third-order valence-corrected chi connectivity index (χ3v) is 3.74. The molecule has 0 atom stereocenters. The number of rotatable bonds is 5. The fourth-order valence-corrected chi connectivity index (χ4v) is 2.47. The van der Waals surface area contributed by atoms with Crippen LogP contribution in [0.15, 0.2) is 55.1 Å². The molecule has 1 aliphatic rings. The first-order valence-corrected chi connectivity index (χ1v) is 6.82. The van der Waals surface area contributed by atoms with Crippen LogP contribution in [0.4, 0.5) is 0 Å². The van der Waals surface area contributed by atoms with Crippen LogP contribution < -0.4 is 0 Å². The van der Waals surface area contributed by atoms with E-state index in [0.717, 1.165) is 29.5 Å². The van der Waals surface area contributed by atoms with E-state index in [2.05, 4.69) is 6.58 Å². The van der Waals surface area contributed by atoms with Gasteiger partial charge in [0, 0.05) is 0 Å². The summed E-state index contributed by atoms with van der Waals surface area (Å²) in [5.74, 6) is -0.124. The SMILES string of the molecule is C=CC=C(C=CC)c1ccc(C2(C(=O)OC)CC2)cc1. The quantitative estimate of drug-likeness (QED) is 0.595. The first kappa shape index (κ1) is 14.3. The zero-order chi connectivity index (χ0) is 14.6. The van der Waals surface area contributed by atoms with Crippen molar-refractivity contribution in [3.8, 4) is 0 Å². The summed E-state index contributed by atoms with van der Waals surface area (Å²) < 4.78 is 4.91. The molecular weight excluding hydrogens is 248 g/mol. The van der Waals surface area contributed by atoms with Crippen molar-refractivity contribution in [2.75, 3.05) is 7.11 Å². The van der Waals surface area contributed by atoms with Crippen LogP contribution in [0.3, 0.4) is 0 Å². The van der Waals surface area contributed by atoms with Crippen LogP contribution in [0.1, 0.15) is 30.9 Å². The summed E-state index contributed by atoms with van der Waals surface area (Å²) in [6.45, 7) is 5.73. The number of allylic oxidation sites excluding steroid dienone is 5. The zero-order valence-corrected chi connectivity index (χ0v) is 12.1. The topological polar surface area (TPSA) is 26.3 Å². The fourth-order valence-electron chi connectivity index (χ4n) is 2.47. The highest BCUT2D eigenvalue weighted by atomic mass is 16.5. The molecule has 2 heteroatoms. The third kappa shape index (κ3) is 2.60. The summed E-state index contributed by atoms with van der Waals surface area (Å²) in [6.07, 6.45) is 9.55. The van der Waals surface area contributed by atoms with E-state index in [4.69, 9.17) is 4.74 Å². The number of methoxy groups -OCH3 is 1. The molecule has 0 radical (unpaired) electrons. The second-order valence-corrected chi connectivity index (χ2v) is 5.01. The van der Waals surface area contributed by atoms with Crippen molar-refractivity contribution in [2.24, 2.45) is 0 Å². The molecule has 1 saturated carbocycles. The van der Waals surface area contributed by atoms with Crippen LogP contribution >= 0.6 is 0 Å². The second kappa shape index (κ2) is 5.91. The minimum Gasteiger partial charge on any atom is -0.468 e. The number of hydrogen-bond donors (Lipinski definition) is 0. The van der Waals surface area contributed by atoms with Gasteiger partial charge in [0.05, 0.1) is 12.5 Å². The van der Waals surface area contributed by atoms with Gasteiger partial charge in [-0.05, 0) is 36.5 Å². The predicted molar refractivity (Wildman–Crippen MR) is 82.4 cm³/mol. The van der Waals surface area contributed by atoms with Crippen LogP contribution in [0.5, 0.6) is 0 Å². The van der Waals surface area contributed by atoms with Crippen molar-refractivity contribution in [3.05, 3.63) is 66.3 Å². The van der Waals surface area contributed by atoms with E-state index in [-0.39, 0.29) is 5.97 Å². The molecular formula is C18H20O2. The Labute approximate surface area is 120 Å². The molecule has 2 nitrogen and oxygen atoms in total. The Kier molecular flexibility index (Phi) is 4.23. The number of carbonyl (C=O) groups excluding carboxylic acids is 1. The first-order chi connectivity index (χ1) is 9.67.